The van der Waals surface area contributed by atoms with Crippen molar-refractivity contribution in [3.63, 3.8) is 0 Å². The maximum atomic E-state index is 12.0. The molecule has 6 nitrogen and oxygen atoms in total. The van der Waals surface area contributed by atoms with Crippen LogP contribution in [0.3, 0.4) is 0 Å². The van der Waals surface area contributed by atoms with Gasteiger partial charge in [0.2, 0.25) is 0 Å². The number of carbonyl (C=O) groups excluding carboxylic acids is 1. The molecule has 0 bridgehead atoms. The smallest absolute Gasteiger partial charge is 0.310 e. The lowest BCUT2D eigenvalue weighted by molar-refractivity contribution is -0.139. The summed E-state index contributed by atoms with van der Waals surface area (Å²) in [6.45, 7) is 4.29. The van der Waals surface area contributed by atoms with E-state index in [1.807, 2.05) is 74.5 Å². The van der Waals surface area contributed by atoms with Crippen LogP contribution in [-0.4, -0.2) is 23.2 Å². The topological polar surface area (TPSA) is 94.7 Å². The molecule has 3 N–H and O–H groups in total. The number of methoxy groups -OCH3 is 1. The number of pyridine rings is 1. The van der Waals surface area contributed by atoms with Gasteiger partial charge in [-0.1, -0.05) is 44.2 Å². The van der Waals surface area contributed by atoms with Gasteiger partial charge in [-0.25, -0.2) is 0 Å². The standard InChI is InChI=1S/C29H32N2O4/c1-4-25(18-26(27(32)5-2)23-8-6-7-20(15-23)19-30)35-28-16-22(21-11-13-31-14-12-21)9-10-24(28)17-29(33)34-3/h6-16,18,32H,4-5,17,19,30H2,1-3H3/b25-18+,27-26-. The van der Waals surface area contributed by atoms with Crippen LogP contribution in [0.15, 0.2) is 84.6 Å². The second-order valence-corrected chi connectivity index (χ2v) is 8.00. The van der Waals surface area contributed by atoms with Gasteiger partial charge in [-0.15, -0.1) is 0 Å². The highest BCUT2D eigenvalue weighted by Gasteiger charge is 2.14. The van der Waals surface area contributed by atoms with Gasteiger partial charge in [0, 0.05) is 42.9 Å². The number of hydrogen-bond acceptors (Lipinski definition) is 6. The number of allylic oxidation sites excluding steroid dienone is 4. The molecule has 6 heteroatoms. The average Bonchev–Trinajstić information content (AvgIpc) is 2.91. The third kappa shape index (κ3) is 6.80. The van der Waals surface area contributed by atoms with Crippen LogP contribution in [0.5, 0.6) is 5.75 Å². The summed E-state index contributed by atoms with van der Waals surface area (Å²) in [5, 5.41) is 10.7. The van der Waals surface area contributed by atoms with Gasteiger partial charge in [-0.2, -0.15) is 0 Å². The Morgan fingerprint density at radius 1 is 1.03 bits per heavy atom. The summed E-state index contributed by atoms with van der Waals surface area (Å²) in [6.07, 6.45) is 6.46. The Kier molecular flexibility index (Phi) is 9.21. The predicted molar refractivity (Wildman–Crippen MR) is 139 cm³/mol. The molecule has 35 heavy (non-hydrogen) atoms. The number of benzene rings is 2. The van der Waals surface area contributed by atoms with Crippen molar-refractivity contribution in [1.82, 2.24) is 4.98 Å². The van der Waals surface area contributed by atoms with E-state index < -0.39 is 0 Å². The first-order valence-corrected chi connectivity index (χ1v) is 11.7. The second kappa shape index (κ2) is 12.5. The number of aliphatic hydroxyl groups is 1. The molecule has 3 rings (SSSR count). The van der Waals surface area contributed by atoms with Crippen LogP contribution < -0.4 is 10.5 Å². The number of rotatable bonds is 10. The van der Waals surface area contributed by atoms with Gasteiger partial charge in [0.25, 0.3) is 0 Å². The molecule has 182 valence electrons. The molecule has 0 saturated carbocycles. The Bertz CT molecular complexity index is 1220. The van der Waals surface area contributed by atoms with Gasteiger partial charge in [-0.3, -0.25) is 9.78 Å². The highest BCUT2D eigenvalue weighted by atomic mass is 16.5. The lowest BCUT2D eigenvalue weighted by atomic mass is 9.99. The van der Waals surface area contributed by atoms with E-state index in [1.54, 1.807) is 12.4 Å². The molecule has 0 atom stereocenters. The van der Waals surface area contributed by atoms with Gasteiger partial charge >= 0.3 is 5.97 Å². The molecule has 2 aromatic carbocycles. The summed E-state index contributed by atoms with van der Waals surface area (Å²) >= 11 is 0. The quantitative estimate of drug-likeness (QED) is 0.214. The van der Waals surface area contributed by atoms with Crippen molar-refractivity contribution >= 4 is 11.5 Å². The number of nitrogens with two attached hydrogens (primary N) is 1. The van der Waals surface area contributed by atoms with Crippen LogP contribution in [0.1, 0.15) is 43.4 Å². The van der Waals surface area contributed by atoms with Crippen molar-refractivity contribution in [3.05, 3.63) is 101 Å². The molecule has 0 unspecified atom stereocenters. The Morgan fingerprint density at radius 3 is 2.46 bits per heavy atom. The first-order chi connectivity index (χ1) is 17.0. The molecule has 1 aromatic heterocycles. The lowest BCUT2D eigenvalue weighted by Crippen LogP contribution is -2.07. The largest absolute Gasteiger partial charge is 0.512 e. The van der Waals surface area contributed by atoms with Crippen molar-refractivity contribution in [1.29, 1.82) is 0 Å². The molecule has 3 aromatic rings. The van der Waals surface area contributed by atoms with E-state index >= 15 is 0 Å². The van der Waals surface area contributed by atoms with Crippen molar-refractivity contribution in [2.75, 3.05) is 7.11 Å². The van der Waals surface area contributed by atoms with Crippen LogP contribution in [0, 0.1) is 0 Å². The second-order valence-electron chi connectivity index (χ2n) is 8.00. The molecule has 0 saturated heterocycles. The number of esters is 1. The molecular weight excluding hydrogens is 440 g/mol. The average molecular weight is 473 g/mol. The minimum Gasteiger partial charge on any atom is -0.512 e. The molecule has 0 radical (unpaired) electrons. The number of ether oxygens (including phenoxy) is 2. The zero-order valence-corrected chi connectivity index (χ0v) is 20.5. The SMILES string of the molecule is CC/C(O)=C(\C=C(/CC)Oc1cc(-c2ccncc2)ccc1CC(=O)OC)c1cccc(CN)c1. The number of carbonyl (C=O) groups is 1. The molecule has 0 spiro atoms. The number of aliphatic hydroxyl groups excluding tert-OH is 1. The fourth-order valence-electron chi connectivity index (χ4n) is 3.64. The molecule has 0 aliphatic rings. The molecule has 0 fully saturated rings. The normalized spacial score (nSPS) is 12.2. The first kappa shape index (κ1) is 25.7. The molecule has 1 heterocycles. The van der Waals surface area contributed by atoms with E-state index in [0.29, 0.717) is 42.0 Å². The summed E-state index contributed by atoms with van der Waals surface area (Å²) in [7, 11) is 1.37. The Morgan fingerprint density at radius 2 is 1.80 bits per heavy atom. The van der Waals surface area contributed by atoms with Crippen molar-refractivity contribution in [2.24, 2.45) is 5.73 Å². The lowest BCUT2D eigenvalue weighted by Gasteiger charge is -2.16. The third-order valence-corrected chi connectivity index (χ3v) is 5.66. The maximum absolute atomic E-state index is 12.0. The monoisotopic (exact) mass is 472 g/mol. The van der Waals surface area contributed by atoms with E-state index in [4.69, 9.17) is 15.2 Å². The summed E-state index contributed by atoms with van der Waals surface area (Å²) in [5.41, 5.74) is 11.0. The van der Waals surface area contributed by atoms with Crippen LogP contribution in [-0.2, 0) is 22.5 Å². The highest BCUT2D eigenvalue weighted by Crippen LogP contribution is 2.31. The zero-order chi connectivity index (χ0) is 25.2. The van der Waals surface area contributed by atoms with Crippen molar-refractivity contribution in [3.8, 4) is 16.9 Å². The first-order valence-electron chi connectivity index (χ1n) is 11.7. The molecule has 0 amide bonds. The van der Waals surface area contributed by atoms with E-state index in [9.17, 15) is 9.90 Å². The predicted octanol–water partition coefficient (Wildman–Crippen LogP) is 5.97. The molecule has 0 aliphatic heterocycles. The Hall–Kier alpha value is -3.90. The summed E-state index contributed by atoms with van der Waals surface area (Å²) in [5.74, 6) is 1.12. The molecule has 0 aliphatic carbocycles. The molecular formula is C29H32N2O4. The summed E-state index contributed by atoms with van der Waals surface area (Å²) in [4.78, 5) is 16.1. The van der Waals surface area contributed by atoms with Gasteiger partial charge < -0.3 is 20.3 Å². The summed E-state index contributed by atoms with van der Waals surface area (Å²) in [6, 6.07) is 17.4. The van der Waals surface area contributed by atoms with E-state index in [0.717, 1.165) is 22.3 Å². The fraction of sp³-hybridized carbons (Fsp3) is 0.241. The van der Waals surface area contributed by atoms with E-state index in [-0.39, 0.29) is 18.1 Å². The fourth-order valence-corrected chi connectivity index (χ4v) is 3.64. The van der Waals surface area contributed by atoms with E-state index in [2.05, 4.69) is 4.98 Å². The maximum Gasteiger partial charge on any atom is 0.310 e. The number of nitrogens with zero attached hydrogens (tertiary/aromatic N) is 1. The Labute approximate surface area is 206 Å². The van der Waals surface area contributed by atoms with Gasteiger partial charge in [0.1, 0.15) is 11.5 Å². The zero-order valence-electron chi connectivity index (χ0n) is 20.5. The Balaban J connectivity index is 2.06. The summed E-state index contributed by atoms with van der Waals surface area (Å²) < 4.78 is 11.3. The van der Waals surface area contributed by atoms with Crippen molar-refractivity contribution in [2.45, 2.75) is 39.7 Å². The van der Waals surface area contributed by atoms with Crippen molar-refractivity contribution < 1.29 is 19.4 Å². The third-order valence-electron chi connectivity index (χ3n) is 5.66. The highest BCUT2D eigenvalue weighted by molar-refractivity contribution is 5.77. The van der Waals surface area contributed by atoms with Gasteiger partial charge in [0.05, 0.1) is 19.3 Å². The van der Waals surface area contributed by atoms with Crippen LogP contribution in [0.4, 0.5) is 0 Å². The van der Waals surface area contributed by atoms with Gasteiger partial charge in [0.15, 0.2) is 0 Å². The number of aromatic nitrogens is 1. The van der Waals surface area contributed by atoms with Gasteiger partial charge in [-0.05, 0) is 52.6 Å². The van der Waals surface area contributed by atoms with E-state index in [1.165, 1.54) is 7.11 Å². The van der Waals surface area contributed by atoms with Crippen LogP contribution in [0.2, 0.25) is 0 Å². The number of hydrogen-bond donors (Lipinski definition) is 2. The minimum absolute atomic E-state index is 0.0842. The minimum atomic E-state index is -0.351. The van der Waals surface area contributed by atoms with Crippen LogP contribution in [0.25, 0.3) is 16.7 Å². The van der Waals surface area contributed by atoms with Crippen LogP contribution >= 0.6 is 0 Å².